The zero-order valence-electron chi connectivity index (χ0n) is 12.2. The predicted octanol–water partition coefficient (Wildman–Crippen LogP) is 2.83. The van der Waals surface area contributed by atoms with Gasteiger partial charge in [0.1, 0.15) is 5.69 Å². The number of benzene rings is 1. The van der Waals surface area contributed by atoms with E-state index in [1.165, 1.54) is 0 Å². The highest BCUT2D eigenvalue weighted by Gasteiger charge is 2.15. The van der Waals surface area contributed by atoms with Gasteiger partial charge in [-0.3, -0.25) is 4.98 Å². The summed E-state index contributed by atoms with van der Waals surface area (Å²) in [5.74, 6) is 1.19. The van der Waals surface area contributed by atoms with Crippen LogP contribution in [0.3, 0.4) is 0 Å². The van der Waals surface area contributed by atoms with Crippen molar-refractivity contribution in [2.24, 2.45) is 0 Å². The summed E-state index contributed by atoms with van der Waals surface area (Å²) in [6.45, 7) is 2.13. The van der Waals surface area contributed by atoms with Crippen molar-refractivity contribution in [1.82, 2.24) is 20.4 Å². The lowest BCUT2D eigenvalue weighted by Crippen LogP contribution is -2.26. The molecule has 0 saturated heterocycles. The maximum atomic E-state index is 5.36. The Morgan fingerprint density at radius 1 is 1.24 bits per heavy atom. The van der Waals surface area contributed by atoms with Gasteiger partial charge in [-0.2, -0.15) is 4.98 Å². The molecule has 0 radical (unpaired) electrons. The highest BCUT2D eigenvalue weighted by atomic mass is 16.5. The lowest BCUT2D eigenvalue weighted by atomic mass is 10.1. The molecule has 0 aliphatic rings. The number of nitrogens with one attached hydrogen (secondary N) is 1. The van der Waals surface area contributed by atoms with Crippen molar-refractivity contribution in [3.63, 3.8) is 0 Å². The van der Waals surface area contributed by atoms with Crippen molar-refractivity contribution in [2.75, 3.05) is 7.05 Å². The Morgan fingerprint density at radius 3 is 2.90 bits per heavy atom. The van der Waals surface area contributed by atoms with Gasteiger partial charge in [0, 0.05) is 24.0 Å². The molecule has 1 atom stereocenters. The van der Waals surface area contributed by atoms with E-state index >= 15 is 0 Å². The van der Waals surface area contributed by atoms with E-state index in [2.05, 4.69) is 33.4 Å². The maximum Gasteiger partial charge on any atom is 0.228 e. The monoisotopic (exact) mass is 282 g/mol. The number of likely N-dealkylation sites (N-methyl/N-ethyl adjacent to an activating group) is 1. The first-order chi connectivity index (χ1) is 10.3. The second-order valence-corrected chi connectivity index (χ2v) is 4.99. The normalized spacial score (nSPS) is 12.7. The van der Waals surface area contributed by atoms with Crippen LogP contribution in [-0.2, 0) is 6.42 Å². The van der Waals surface area contributed by atoms with Crippen molar-refractivity contribution in [1.29, 1.82) is 0 Å². The number of hydrogen-bond acceptors (Lipinski definition) is 5. The second-order valence-electron chi connectivity index (χ2n) is 4.99. The summed E-state index contributed by atoms with van der Waals surface area (Å²) in [7, 11) is 1.94. The van der Waals surface area contributed by atoms with Crippen LogP contribution in [0.2, 0.25) is 0 Å². The molecule has 2 heterocycles. The minimum atomic E-state index is 0.346. The number of pyridine rings is 1. The van der Waals surface area contributed by atoms with E-state index in [4.69, 9.17) is 4.52 Å². The van der Waals surface area contributed by atoms with Gasteiger partial charge in [0.25, 0.3) is 0 Å². The van der Waals surface area contributed by atoms with Crippen LogP contribution in [0.4, 0.5) is 0 Å². The number of hydrogen-bond donors (Lipinski definition) is 1. The minimum absolute atomic E-state index is 0.346. The van der Waals surface area contributed by atoms with Crippen LogP contribution in [0, 0.1) is 0 Å². The Labute approximate surface area is 123 Å². The molecule has 5 heteroatoms. The first kappa shape index (κ1) is 13.7. The number of fused-ring (bicyclic) bond motifs is 1. The van der Waals surface area contributed by atoms with E-state index in [1.54, 1.807) is 6.20 Å². The molecule has 0 saturated carbocycles. The van der Waals surface area contributed by atoms with Crippen LogP contribution < -0.4 is 5.32 Å². The number of nitrogens with zero attached hydrogens (tertiary/aromatic N) is 3. The predicted molar refractivity (Wildman–Crippen MR) is 81.9 cm³/mol. The number of rotatable bonds is 5. The third kappa shape index (κ3) is 2.78. The summed E-state index contributed by atoms with van der Waals surface area (Å²) >= 11 is 0. The summed E-state index contributed by atoms with van der Waals surface area (Å²) in [5, 5.41) is 9.47. The molecule has 0 spiro atoms. The Balaban J connectivity index is 1.95. The number of aromatic nitrogens is 3. The topological polar surface area (TPSA) is 63.8 Å². The van der Waals surface area contributed by atoms with E-state index in [-0.39, 0.29) is 0 Å². The first-order valence-electron chi connectivity index (χ1n) is 7.15. The first-order valence-corrected chi connectivity index (χ1v) is 7.15. The molecule has 3 aromatic rings. The molecule has 21 heavy (non-hydrogen) atoms. The average Bonchev–Trinajstić information content (AvgIpc) is 3.00. The fourth-order valence-electron chi connectivity index (χ4n) is 2.39. The molecule has 1 aromatic carbocycles. The van der Waals surface area contributed by atoms with Crippen molar-refractivity contribution in [3.8, 4) is 11.5 Å². The summed E-state index contributed by atoms with van der Waals surface area (Å²) in [6.07, 6.45) is 3.52. The lowest BCUT2D eigenvalue weighted by molar-refractivity contribution is 0.359. The van der Waals surface area contributed by atoms with Crippen molar-refractivity contribution in [2.45, 2.75) is 25.8 Å². The van der Waals surface area contributed by atoms with Gasteiger partial charge in [-0.25, -0.2) is 0 Å². The van der Waals surface area contributed by atoms with E-state index in [0.29, 0.717) is 17.8 Å². The largest absolute Gasteiger partial charge is 0.339 e. The van der Waals surface area contributed by atoms with Crippen LogP contribution in [0.1, 0.15) is 19.2 Å². The lowest BCUT2D eigenvalue weighted by Gasteiger charge is -2.09. The van der Waals surface area contributed by atoms with Crippen LogP contribution >= 0.6 is 0 Å². The highest BCUT2D eigenvalue weighted by molar-refractivity contribution is 5.92. The molecule has 1 N–H and O–H groups in total. The molecule has 0 bridgehead atoms. The molecule has 0 fully saturated rings. The molecule has 108 valence electrons. The van der Waals surface area contributed by atoms with Gasteiger partial charge in [-0.05, 0) is 24.9 Å². The Kier molecular flexibility index (Phi) is 3.92. The van der Waals surface area contributed by atoms with E-state index < -0.39 is 0 Å². The quantitative estimate of drug-likeness (QED) is 0.779. The van der Waals surface area contributed by atoms with Crippen LogP contribution in [0.15, 0.2) is 41.1 Å². The zero-order chi connectivity index (χ0) is 14.7. The van der Waals surface area contributed by atoms with E-state index in [0.717, 1.165) is 29.3 Å². The van der Waals surface area contributed by atoms with Crippen LogP contribution in [-0.4, -0.2) is 28.2 Å². The fraction of sp³-hybridized carbons (Fsp3) is 0.312. The third-order valence-corrected chi connectivity index (χ3v) is 3.68. The molecular weight excluding hydrogens is 264 g/mol. The molecular formula is C16H18N4O. The van der Waals surface area contributed by atoms with E-state index in [9.17, 15) is 0 Å². The van der Waals surface area contributed by atoms with Crippen molar-refractivity contribution in [3.05, 3.63) is 42.4 Å². The van der Waals surface area contributed by atoms with Crippen molar-refractivity contribution < 1.29 is 4.52 Å². The SMILES string of the molecule is CCC(Cc1nc(-c2nccc3ccccc23)no1)NC. The smallest absolute Gasteiger partial charge is 0.228 e. The zero-order valence-corrected chi connectivity index (χ0v) is 12.2. The van der Waals surface area contributed by atoms with Gasteiger partial charge in [0.15, 0.2) is 0 Å². The molecule has 0 aliphatic heterocycles. The van der Waals surface area contributed by atoms with Gasteiger partial charge in [-0.15, -0.1) is 0 Å². The standard InChI is InChI=1S/C16H18N4O/c1-3-12(17-2)10-14-19-16(20-21-14)15-13-7-5-4-6-11(13)8-9-18-15/h4-9,12,17H,3,10H2,1-2H3. The molecule has 1 unspecified atom stereocenters. The average molecular weight is 282 g/mol. The summed E-state index contributed by atoms with van der Waals surface area (Å²) in [4.78, 5) is 8.90. The summed E-state index contributed by atoms with van der Waals surface area (Å²) in [6, 6.07) is 10.4. The van der Waals surface area contributed by atoms with Crippen molar-refractivity contribution >= 4 is 10.8 Å². The fourth-order valence-corrected chi connectivity index (χ4v) is 2.39. The van der Waals surface area contributed by atoms with Gasteiger partial charge in [-0.1, -0.05) is 36.3 Å². The van der Waals surface area contributed by atoms with Gasteiger partial charge < -0.3 is 9.84 Å². The Bertz CT molecular complexity index is 728. The maximum absolute atomic E-state index is 5.36. The van der Waals surface area contributed by atoms with Crippen LogP contribution in [0.25, 0.3) is 22.3 Å². The summed E-state index contributed by atoms with van der Waals surface area (Å²) < 4.78 is 5.36. The molecule has 0 amide bonds. The molecule has 5 nitrogen and oxygen atoms in total. The second kappa shape index (κ2) is 6.01. The van der Waals surface area contributed by atoms with Crippen LogP contribution in [0.5, 0.6) is 0 Å². The Hall–Kier alpha value is -2.27. The highest BCUT2D eigenvalue weighted by Crippen LogP contribution is 2.24. The van der Waals surface area contributed by atoms with Gasteiger partial charge in [0.05, 0.1) is 0 Å². The summed E-state index contributed by atoms with van der Waals surface area (Å²) in [5.41, 5.74) is 0.764. The Morgan fingerprint density at radius 2 is 2.10 bits per heavy atom. The third-order valence-electron chi connectivity index (χ3n) is 3.68. The van der Waals surface area contributed by atoms with Gasteiger partial charge >= 0.3 is 0 Å². The molecule has 3 rings (SSSR count). The minimum Gasteiger partial charge on any atom is -0.339 e. The molecule has 2 aromatic heterocycles. The van der Waals surface area contributed by atoms with E-state index in [1.807, 2.05) is 31.3 Å². The van der Waals surface area contributed by atoms with Gasteiger partial charge in [0.2, 0.25) is 11.7 Å². The molecule has 0 aliphatic carbocycles.